The summed E-state index contributed by atoms with van der Waals surface area (Å²) in [4.78, 5) is 12.6. The van der Waals surface area contributed by atoms with E-state index in [-0.39, 0.29) is 25.0 Å². The van der Waals surface area contributed by atoms with Gasteiger partial charge in [0.05, 0.1) is 11.7 Å². The van der Waals surface area contributed by atoms with Gasteiger partial charge < -0.3 is 14.2 Å². The van der Waals surface area contributed by atoms with E-state index in [0.29, 0.717) is 6.42 Å². The number of rotatable bonds is 14. The molecule has 1 saturated heterocycles. The van der Waals surface area contributed by atoms with Crippen LogP contribution in [0.4, 0.5) is 13.2 Å². The summed E-state index contributed by atoms with van der Waals surface area (Å²) in [5.41, 5.74) is 3.55. The molecule has 1 aliphatic heterocycles. The van der Waals surface area contributed by atoms with Crippen LogP contribution in [0.25, 0.3) is 11.1 Å². The van der Waals surface area contributed by atoms with Crippen molar-refractivity contribution < 1.29 is 32.2 Å². The van der Waals surface area contributed by atoms with Crippen LogP contribution in [0.2, 0.25) is 0 Å². The first kappa shape index (κ1) is 30.2. The van der Waals surface area contributed by atoms with Gasteiger partial charge in [-0.15, -0.1) is 0 Å². The van der Waals surface area contributed by atoms with E-state index >= 15 is 0 Å². The van der Waals surface area contributed by atoms with Crippen LogP contribution in [0.5, 0.6) is 0 Å². The number of hydrogen-bond donors (Lipinski definition) is 0. The van der Waals surface area contributed by atoms with E-state index in [1.165, 1.54) is 31.2 Å². The van der Waals surface area contributed by atoms with Crippen molar-refractivity contribution in [2.24, 2.45) is 0 Å². The largest absolute Gasteiger partial charge is 0.432 e. The minimum atomic E-state index is -4.61. The molecule has 3 unspecified atom stereocenters. The van der Waals surface area contributed by atoms with Crippen LogP contribution in [0, 0.1) is 0 Å². The van der Waals surface area contributed by atoms with E-state index in [1.54, 1.807) is 12.1 Å². The van der Waals surface area contributed by atoms with Crippen molar-refractivity contribution in [2.75, 3.05) is 6.61 Å². The number of benzene rings is 2. The van der Waals surface area contributed by atoms with Crippen molar-refractivity contribution in [1.29, 1.82) is 0 Å². The predicted molar refractivity (Wildman–Crippen MR) is 143 cm³/mol. The van der Waals surface area contributed by atoms with Gasteiger partial charge in [0.2, 0.25) is 6.29 Å². The number of carbonyl (C=O) groups is 1. The molecule has 1 fully saturated rings. The number of carbonyl (C=O) groups excluding carboxylic acids is 1. The maximum atomic E-state index is 13.6. The number of alkyl halides is 3. The first-order valence-corrected chi connectivity index (χ1v) is 14.1. The number of ether oxygens (including phenoxy) is 3. The molecule has 210 valence electrons. The molecule has 0 spiro atoms. The summed E-state index contributed by atoms with van der Waals surface area (Å²) >= 11 is 0. The zero-order valence-corrected chi connectivity index (χ0v) is 22.6. The van der Waals surface area contributed by atoms with Crippen molar-refractivity contribution in [3.8, 4) is 11.1 Å². The summed E-state index contributed by atoms with van der Waals surface area (Å²) in [5, 5.41) is 0. The van der Waals surface area contributed by atoms with E-state index in [1.807, 2.05) is 12.1 Å². The molecule has 38 heavy (non-hydrogen) atoms. The van der Waals surface area contributed by atoms with Crippen LogP contribution in [-0.2, 0) is 20.6 Å². The van der Waals surface area contributed by atoms with Gasteiger partial charge in [0.1, 0.15) is 0 Å². The molecule has 2 aromatic carbocycles. The van der Waals surface area contributed by atoms with Gasteiger partial charge >= 0.3 is 12.1 Å². The zero-order valence-electron chi connectivity index (χ0n) is 22.6. The minimum absolute atomic E-state index is 0.115. The Morgan fingerprint density at radius 1 is 0.842 bits per heavy atom. The van der Waals surface area contributed by atoms with Gasteiger partial charge in [0, 0.05) is 13.0 Å². The SMILES string of the molecule is CCCCCCOC1CCC(OC(=O)c2ccc(-c3ccc(CCCCCC)cc3)cc2)OC1C(F)(F)F. The number of halogens is 3. The zero-order chi connectivity index (χ0) is 27.4. The minimum Gasteiger partial charge on any atom is -0.432 e. The highest BCUT2D eigenvalue weighted by Gasteiger charge is 2.50. The summed E-state index contributed by atoms with van der Waals surface area (Å²) in [5.74, 6) is -0.705. The molecule has 2 aromatic rings. The Labute approximate surface area is 224 Å². The average molecular weight is 535 g/mol. The van der Waals surface area contributed by atoms with Gasteiger partial charge in [-0.3, -0.25) is 0 Å². The normalized spacial score (nSPS) is 19.9. The van der Waals surface area contributed by atoms with Crippen LogP contribution in [0.3, 0.4) is 0 Å². The fraction of sp³-hybridized carbons (Fsp3) is 0.581. The number of aryl methyl sites for hydroxylation is 1. The highest BCUT2D eigenvalue weighted by Crippen LogP contribution is 2.35. The second kappa shape index (κ2) is 15.3. The third-order valence-electron chi connectivity index (χ3n) is 6.94. The number of unbranched alkanes of at least 4 members (excludes halogenated alkanes) is 6. The topological polar surface area (TPSA) is 44.8 Å². The van der Waals surface area contributed by atoms with Gasteiger partial charge in [-0.05, 0) is 54.5 Å². The lowest BCUT2D eigenvalue weighted by atomic mass is 10.0. The lowest BCUT2D eigenvalue weighted by Gasteiger charge is -2.36. The van der Waals surface area contributed by atoms with Crippen molar-refractivity contribution >= 4 is 5.97 Å². The summed E-state index contributed by atoms with van der Waals surface area (Å²) in [6.07, 6.45) is 0.872. The first-order chi connectivity index (χ1) is 18.3. The van der Waals surface area contributed by atoms with Crippen LogP contribution in [-0.4, -0.2) is 37.3 Å². The third kappa shape index (κ3) is 9.42. The molecule has 0 N–H and O–H groups in total. The van der Waals surface area contributed by atoms with Gasteiger partial charge in [-0.2, -0.15) is 13.2 Å². The summed E-state index contributed by atoms with van der Waals surface area (Å²) in [6, 6.07) is 15.3. The molecular formula is C31H41F3O4. The van der Waals surface area contributed by atoms with Crippen LogP contribution < -0.4 is 0 Å². The van der Waals surface area contributed by atoms with Crippen molar-refractivity contribution in [3.63, 3.8) is 0 Å². The molecule has 7 heteroatoms. The Kier molecular flexibility index (Phi) is 12.1. The fourth-order valence-electron chi connectivity index (χ4n) is 4.69. The van der Waals surface area contributed by atoms with Crippen LogP contribution in [0.1, 0.15) is 94.0 Å². The first-order valence-electron chi connectivity index (χ1n) is 14.1. The molecular weight excluding hydrogens is 493 g/mol. The Balaban J connectivity index is 1.52. The van der Waals surface area contributed by atoms with Crippen molar-refractivity contribution in [3.05, 3.63) is 59.7 Å². The van der Waals surface area contributed by atoms with Gasteiger partial charge in [0.15, 0.2) is 6.10 Å². The van der Waals surface area contributed by atoms with E-state index in [9.17, 15) is 18.0 Å². The molecule has 1 aliphatic rings. The maximum Gasteiger partial charge on any atom is 0.417 e. The molecule has 0 amide bonds. The number of esters is 1. The molecule has 0 aliphatic carbocycles. The smallest absolute Gasteiger partial charge is 0.417 e. The molecule has 3 rings (SSSR count). The van der Waals surface area contributed by atoms with Crippen molar-refractivity contribution in [1.82, 2.24) is 0 Å². The lowest BCUT2D eigenvalue weighted by molar-refractivity contribution is -0.307. The second-order valence-electron chi connectivity index (χ2n) is 10.1. The average Bonchev–Trinajstić information content (AvgIpc) is 2.91. The van der Waals surface area contributed by atoms with E-state index in [0.717, 1.165) is 36.8 Å². The Bertz CT molecular complexity index is 957. The molecule has 4 nitrogen and oxygen atoms in total. The standard InChI is InChI=1S/C31H41F3O4/c1-3-5-7-9-11-23-12-14-24(15-13-23)25-16-18-26(19-17-25)30(35)38-28-21-20-27(29(37-28)31(32,33)34)36-22-10-8-6-4-2/h12-19,27-29H,3-11,20-22H2,1-2H3. The number of hydrogen-bond acceptors (Lipinski definition) is 4. The van der Waals surface area contributed by atoms with Gasteiger partial charge in [0.25, 0.3) is 0 Å². The lowest BCUT2D eigenvalue weighted by Crippen LogP contribution is -2.50. The quantitative estimate of drug-likeness (QED) is 0.180. The molecule has 1 heterocycles. The molecule has 0 radical (unpaired) electrons. The highest BCUT2D eigenvalue weighted by atomic mass is 19.4. The molecule has 3 atom stereocenters. The summed E-state index contributed by atoms with van der Waals surface area (Å²) in [7, 11) is 0. The highest BCUT2D eigenvalue weighted by molar-refractivity contribution is 5.90. The summed E-state index contributed by atoms with van der Waals surface area (Å²) < 4.78 is 56.9. The maximum absolute atomic E-state index is 13.6. The molecule has 0 aromatic heterocycles. The van der Waals surface area contributed by atoms with E-state index < -0.39 is 30.6 Å². The van der Waals surface area contributed by atoms with Crippen LogP contribution in [0.15, 0.2) is 48.5 Å². The Hall–Kier alpha value is -2.38. The fourth-order valence-corrected chi connectivity index (χ4v) is 4.69. The van der Waals surface area contributed by atoms with Crippen molar-refractivity contribution in [2.45, 2.75) is 109 Å². The monoisotopic (exact) mass is 534 g/mol. The van der Waals surface area contributed by atoms with Crippen LogP contribution >= 0.6 is 0 Å². The molecule has 0 saturated carbocycles. The Morgan fingerprint density at radius 3 is 2.05 bits per heavy atom. The third-order valence-corrected chi connectivity index (χ3v) is 6.94. The van der Waals surface area contributed by atoms with Gasteiger partial charge in [-0.25, -0.2) is 4.79 Å². The van der Waals surface area contributed by atoms with Gasteiger partial charge in [-0.1, -0.05) is 88.8 Å². The second-order valence-corrected chi connectivity index (χ2v) is 10.1. The molecule has 0 bridgehead atoms. The van der Waals surface area contributed by atoms with E-state index in [2.05, 4.69) is 38.1 Å². The predicted octanol–water partition coefficient (Wildman–Crippen LogP) is 8.67. The van der Waals surface area contributed by atoms with E-state index in [4.69, 9.17) is 14.2 Å². The Morgan fingerprint density at radius 2 is 1.45 bits per heavy atom. The summed E-state index contributed by atoms with van der Waals surface area (Å²) in [6.45, 7) is 4.53.